The van der Waals surface area contributed by atoms with E-state index in [0.717, 1.165) is 5.56 Å². The zero-order chi connectivity index (χ0) is 28.9. The predicted octanol–water partition coefficient (Wildman–Crippen LogP) is 1.79. The lowest BCUT2D eigenvalue weighted by atomic mass is 9.86. The molecular formula is C27H30FN7O5. The summed E-state index contributed by atoms with van der Waals surface area (Å²) in [5.41, 5.74) is 0.985. The van der Waals surface area contributed by atoms with Gasteiger partial charge in [-0.15, -0.1) is 10.2 Å². The number of carbonyl (C=O) groups excluding carboxylic acids is 3. The van der Waals surface area contributed by atoms with Crippen LogP contribution in [0.3, 0.4) is 0 Å². The Kier molecular flexibility index (Phi) is 8.53. The van der Waals surface area contributed by atoms with Gasteiger partial charge in [-0.2, -0.15) is 5.10 Å². The molecule has 4 N–H and O–H groups in total. The van der Waals surface area contributed by atoms with E-state index >= 15 is 0 Å². The normalized spacial score (nSPS) is 12.2. The van der Waals surface area contributed by atoms with Crippen LogP contribution in [0.25, 0.3) is 10.9 Å². The van der Waals surface area contributed by atoms with Crippen molar-refractivity contribution in [2.24, 2.45) is 5.41 Å². The van der Waals surface area contributed by atoms with Crippen LogP contribution in [0.4, 0.5) is 4.39 Å². The maximum Gasteiger partial charge on any atom is 0.308 e. The molecule has 210 valence electrons. The minimum Gasteiger partial charge on any atom is -0.415 e. The smallest absolute Gasteiger partial charge is 0.308 e. The number of hydrogen-bond donors (Lipinski definition) is 4. The van der Waals surface area contributed by atoms with Crippen molar-refractivity contribution in [1.82, 2.24) is 35.9 Å². The van der Waals surface area contributed by atoms with Crippen molar-refractivity contribution < 1.29 is 28.3 Å². The standard InChI is InChI=1S/C27H30FN7O5/c1-27(2,3)22(24(38)30-14-20-32-33-26(40-20)25(39)29-12-13-36)31-23(37)21-18-6-4-5-7-19(18)35(34-21)15-16-8-10-17(28)11-9-16/h4-11,22,36H,12-15H2,1-3H3,(H,29,39)(H,30,38)(H,31,37). The average molecular weight is 552 g/mol. The molecular weight excluding hydrogens is 521 g/mol. The number of hydrogen-bond acceptors (Lipinski definition) is 8. The van der Waals surface area contributed by atoms with Crippen LogP contribution < -0.4 is 16.0 Å². The van der Waals surface area contributed by atoms with E-state index in [0.29, 0.717) is 17.4 Å². The second-order valence-corrected chi connectivity index (χ2v) is 10.1. The van der Waals surface area contributed by atoms with Crippen LogP contribution in [0.5, 0.6) is 0 Å². The number of nitrogens with one attached hydrogen (secondary N) is 3. The average Bonchev–Trinajstić information content (AvgIpc) is 3.55. The Balaban J connectivity index is 1.49. The molecule has 0 aliphatic heterocycles. The number of fused-ring (bicyclic) bond motifs is 1. The zero-order valence-electron chi connectivity index (χ0n) is 22.3. The molecule has 2 aromatic heterocycles. The third-order valence-electron chi connectivity index (χ3n) is 5.99. The molecule has 2 aromatic carbocycles. The quantitative estimate of drug-likeness (QED) is 0.232. The first-order valence-electron chi connectivity index (χ1n) is 12.6. The van der Waals surface area contributed by atoms with Gasteiger partial charge < -0.3 is 25.5 Å². The first-order valence-corrected chi connectivity index (χ1v) is 12.6. The third kappa shape index (κ3) is 6.67. The SMILES string of the molecule is CC(C)(C)C(NC(=O)c1nn(Cc2ccc(F)cc2)c2ccccc12)C(=O)NCc1nnc(C(=O)NCCO)o1. The summed E-state index contributed by atoms with van der Waals surface area (Å²) in [5, 5.41) is 29.2. The van der Waals surface area contributed by atoms with Crippen LogP contribution in [-0.2, 0) is 17.9 Å². The highest BCUT2D eigenvalue weighted by Crippen LogP contribution is 2.23. The van der Waals surface area contributed by atoms with Crippen LogP contribution in [0.2, 0.25) is 0 Å². The van der Waals surface area contributed by atoms with Crippen molar-refractivity contribution in [2.75, 3.05) is 13.2 Å². The van der Waals surface area contributed by atoms with Gasteiger partial charge >= 0.3 is 11.8 Å². The van der Waals surface area contributed by atoms with Crippen molar-refractivity contribution >= 4 is 28.6 Å². The Morgan fingerprint density at radius 3 is 2.45 bits per heavy atom. The minimum atomic E-state index is -0.962. The van der Waals surface area contributed by atoms with E-state index in [1.165, 1.54) is 12.1 Å². The Labute approximate surface area is 229 Å². The molecule has 1 atom stereocenters. The fourth-order valence-corrected chi connectivity index (χ4v) is 3.98. The molecule has 0 radical (unpaired) electrons. The van der Waals surface area contributed by atoms with Crippen molar-refractivity contribution in [1.29, 1.82) is 0 Å². The van der Waals surface area contributed by atoms with Gasteiger partial charge in [-0.1, -0.05) is 51.1 Å². The van der Waals surface area contributed by atoms with E-state index in [1.54, 1.807) is 49.7 Å². The lowest BCUT2D eigenvalue weighted by Crippen LogP contribution is -2.53. The maximum absolute atomic E-state index is 13.4. The number of aliphatic hydroxyl groups excluding tert-OH is 1. The van der Waals surface area contributed by atoms with Crippen molar-refractivity contribution in [3.8, 4) is 0 Å². The number of aliphatic hydroxyl groups is 1. The lowest BCUT2D eigenvalue weighted by Gasteiger charge is -2.30. The van der Waals surface area contributed by atoms with Crippen LogP contribution >= 0.6 is 0 Å². The van der Waals surface area contributed by atoms with Crippen LogP contribution in [-0.4, -0.2) is 62.0 Å². The fraction of sp³-hybridized carbons (Fsp3) is 0.333. The highest BCUT2D eigenvalue weighted by Gasteiger charge is 2.34. The van der Waals surface area contributed by atoms with Gasteiger partial charge in [-0.25, -0.2) is 4.39 Å². The second-order valence-electron chi connectivity index (χ2n) is 10.1. The molecule has 0 saturated heterocycles. The van der Waals surface area contributed by atoms with E-state index in [-0.39, 0.29) is 43.0 Å². The molecule has 13 heteroatoms. The van der Waals surface area contributed by atoms with Crippen LogP contribution in [0, 0.1) is 11.2 Å². The molecule has 0 bridgehead atoms. The number of benzene rings is 2. The molecule has 3 amide bonds. The van der Waals surface area contributed by atoms with Gasteiger partial charge in [0.25, 0.3) is 5.91 Å². The lowest BCUT2D eigenvalue weighted by molar-refractivity contribution is -0.125. The van der Waals surface area contributed by atoms with Gasteiger partial charge in [0.05, 0.1) is 25.2 Å². The summed E-state index contributed by atoms with van der Waals surface area (Å²) in [5.74, 6) is -2.34. The second kappa shape index (κ2) is 12.0. The Morgan fingerprint density at radius 2 is 1.75 bits per heavy atom. The zero-order valence-corrected chi connectivity index (χ0v) is 22.3. The summed E-state index contributed by atoms with van der Waals surface area (Å²) in [6, 6.07) is 12.3. The molecule has 0 fully saturated rings. The van der Waals surface area contributed by atoms with Gasteiger partial charge in [-0.05, 0) is 29.2 Å². The number of rotatable bonds is 10. The Morgan fingerprint density at radius 1 is 1.02 bits per heavy atom. The van der Waals surface area contributed by atoms with E-state index in [2.05, 4.69) is 31.2 Å². The van der Waals surface area contributed by atoms with Gasteiger partial charge in [0.15, 0.2) is 5.69 Å². The monoisotopic (exact) mass is 551 g/mol. The number of aromatic nitrogens is 4. The van der Waals surface area contributed by atoms with Crippen LogP contribution in [0.1, 0.15) is 53.4 Å². The van der Waals surface area contributed by atoms with E-state index in [4.69, 9.17) is 9.52 Å². The maximum atomic E-state index is 13.4. The molecule has 0 aliphatic carbocycles. The molecule has 40 heavy (non-hydrogen) atoms. The van der Waals surface area contributed by atoms with Crippen molar-refractivity contribution in [2.45, 2.75) is 39.9 Å². The molecule has 12 nitrogen and oxygen atoms in total. The molecule has 0 saturated carbocycles. The summed E-state index contributed by atoms with van der Waals surface area (Å²) in [6.07, 6.45) is 0. The third-order valence-corrected chi connectivity index (χ3v) is 5.99. The Bertz CT molecular complexity index is 1510. The number of amides is 3. The fourth-order valence-electron chi connectivity index (χ4n) is 3.98. The number of carbonyl (C=O) groups is 3. The molecule has 1 unspecified atom stereocenters. The topological polar surface area (TPSA) is 164 Å². The van der Waals surface area contributed by atoms with Gasteiger partial charge in [0.2, 0.25) is 11.8 Å². The van der Waals surface area contributed by atoms with Crippen LogP contribution in [0.15, 0.2) is 52.9 Å². The molecule has 0 aliphatic rings. The molecule has 4 aromatic rings. The predicted molar refractivity (Wildman–Crippen MR) is 142 cm³/mol. The minimum absolute atomic E-state index is 0.00739. The highest BCUT2D eigenvalue weighted by atomic mass is 19.1. The highest BCUT2D eigenvalue weighted by molar-refractivity contribution is 6.06. The summed E-state index contributed by atoms with van der Waals surface area (Å²) in [7, 11) is 0. The molecule has 0 spiro atoms. The van der Waals surface area contributed by atoms with Gasteiger partial charge in [-0.3, -0.25) is 19.1 Å². The summed E-state index contributed by atoms with van der Waals surface area (Å²) in [6.45, 7) is 5.35. The van der Waals surface area contributed by atoms with Gasteiger partial charge in [0, 0.05) is 11.9 Å². The van der Waals surface area contributed by atoms with E-state index in [9.17, 15) is 18.8 Å². The largest absolute Gasteiger partial charge is 0.415 e. The van der Waals surface area contributed by atoms with E-state index in [1.807, 2.05) is 12.1 Å². The summed E-state index contributed by atoms with van der Waals surface area (Å²) >= 11 is 0. The first-order chi connectivity index (χ1) is 19.1. The summed E-state index contributed by atoms with van der Waals surface area (Å²) in [4.78, 5) is 38.5. The van der Waals surface area contributed by atoms with E-state index < -0.39 is 29.2 Å². The number of halogens is 1. The molecule has 2 heterocycles. The molecule has 4 rings (SSSR count). The summed E-state index contributed by atoms with van der Waals surface area (Å²) < 4.78 is 20.3. The van der Waals surface area contributed by atoms with Crippen molar-refractivity contribution in [3.05, 3.63) is 77.4 Å². The number of para-hydroxylation sites is 1. The Hall–Kier alpha value is -4.65. The first kappa shape index (κ1) is 28.4. The van der Waals surface area contributed by atoms with Gasteiger partial charge in [0.1, 0.15) is 11.9 Å². The number of nitrogens with zero attached hydrogens (tertiary/aromatic N) is 4. The van der Waals surface area contributed by atoms with Crippen molar-refractivity contribution in [3.63, 3.8) is 0 Å².